The van der Waals surface area contributed by atoms with E-state index in [0.29, 0.717) is 28.7 Å². The van der Waals surface area contributed by atoms with Crippen LogP contribution in [0.2, 0.25) is 0 Å². The summed E-state index contributed by atoms with van der Waals surface area (Å²) >= 11 is 1.68. The summed E-state index contributed by atoms with van der Waals surface area (Å²) in [6.07, 6.45) is 2.44. The Kier molecular flexibility index (Phi) is 3.84. The lowest BCUT2D eigenvalue weighted by atomic mass is 10.1. The highest BCUT2D eigenvalue weighted by molar-refractivity contribution is 8.01. The van der Waals surface area contributed by atoms with Crippen LogP contribution in [0.15, 0.2) is 30.3 Å². The standard InChI is InChI=1S/C18H18FN3OS/c1-10-2-5-15(14(19)6-10)21-16-8-13-11(9-20-18(13)23)7-17(16)22-24-12-3-4-12/h2,5-8,12,21-22H,3-4,9H2,1H3,(H,20,23). The van der Waals surface area contributed by atoms with Crippen molar-refractivity contribution in [3.8, 4) is 0 Å². The van der Waals surface area contributed by atoms with E-state index in [1.54, 1.807) is 24.1 Å². The SMILES string of the molecule is Cc1ccc(Nc2cc3c(cc2NSC2CC2)CNC3=O)c(F)c1. The van der Waals surface area contributed by atoms with Crippen molar-refractivity contribution in [3.63, 3.8) is 0 Å². The monoisotopic (exact) mass is 343 g/mol. The summed E-state index contributed by atoms with van der Waals surface area (Å²) in [5, 5.41) is 6.60. The summed E-state index contributed by atoms with van der Waals surface area (Å²) in [6.45, 7) is 2.39. The summed E-state index contributed by atoms with van der Waals surface area (Å²) in [4.78, 5) is 11.9. The minimum atomic E-state index is -0.305. The van der Waals surface area contributed by atoms with Gasteiger partial charge in [0.05, 0.1) is 17.1 Å². The largest absolute Gasteiger partial charge is 0.351 e. The van der Waals surface area contributed by atoms with E-state index in [1.165, 1.54) is 18.9 Å². The molecule has 124 valence electrons. The Morgan fingerprint density at radius 2 is 2.00 bits per heavy atom. The number of rotatable bonds is 5. The fraction of sp³-hybridized carbons (Fsp3) is 0.278. The number of carbonyl (C=O) groups excluding carboxylic acids is 1. The molecule has 1 saturated carbocycles. The molecule has 0 aromatic heterocycles. The highest BCUT2D eigenvalue weighted by Gasteiger charge is 2.25. The average Bonchev–Trinajstić information content (AvgIpc) is 3.32. The summed E-state index contributed by atoms with van der Waals surface area (Å²) in [5.41, 5.74) is 4.47. The lowest BCUT2D eigenvalue weighted by molar-refractivity contribution is 0.0966. The Morgan fingerprint density at radius 1 is 1.17 bits per heavy atom. The Morgan fingerprint density at radius 3 is 2.75 bits per heavy atom. The van der Waals surface area contributed by atoms with E-state index in [9.17, 15) is 9.18 Å². The van der Waals surface area contributed by atoms with E-state index in [-0.39, 0.29) is 11.7 Å². The number of anilines is 3. The van der Waals surface area contributed by atoms with Gasteiger partial charge in [0.1, 0.15) is 5.82 Å². The van der Waals surface area contributed by atoms with Crippen molar-refractivity contribution in [2.75, 3.05) is 10.0 Å². The highest BCUT2D eigenvalue weighted by Crippen LogP contribution is 2.38. The van der Waals surface area contributed by atoms with Gasteiger partial charge in [-0.25, -0.2) is 4.39 Å². The van der Waals surface area contributed by atoms with Gasteiger partial charge >= 0.3 is 0 Å². The van der Waals surface area contributed by atoms with Crippen LogP contribution in [-0.2, 0) is 6.54 Å². The molecule has 6 heteroatoms. The van der Waals surface area contributed by atoms with Crippen molar-refractivity contribution in [3.05, 3.63) is 52.8 Å². The molecule has 1 amide bonds. The second kappa shape index (κ2) is 6.02. The molecule has 4 rings (SSSR count). The lowest BCUT2D eigenvalue weighted by Gasteiger charge is -2.15. The molecule has 2 aromatic carbocycles. The van der Waals surface area contributed by atoms with Crippen LogP contribution >= 0.6 is 11.9 Å². The molecule has 2 aliphatic rings. The molecule has 0 radical (unpaired) electrons. The van der Waals surface area contributed by atoms with Gasteiger partial charge in [-0.3, -0.25) is 4.79 Å². The second-order valence-electron chi connectivity index (χ2n) is 6.27. The van der Waals surface area contributed by atoms with E-state index in [2.05, 4.69) is 15.4 Å². The maximum atomic E-state index is 14.2. The molecule has 4 nitrogen and oxygen atoms in total. The van der Waals surface area contributed by atoms with Crippen LogP contribution in [0.1, 0.15) is 34.3 Å². The summed E-state index contributed by atoms with van der Waals surface area (Å²) in [6, 6.07) is 8.84. The number of hydrogen-bond acceptors (Lipinski definition) is 4. The van der Waals surface area contributed by atoms with Gasteiger partial charge in [0.25, 0.3) is 5.91 Å². The quantitative estimate of drug-likeness (QED) is 0.707. The van der Waals surface area contributed by atoms with E-state index in [0.717, 1.165) is 16.8 Å². The fourth-order valence-corrected chi connectivity index (χ4v) is 3.49. The van der Waals surface area contributed by atoms with Gasteiger partial charge in [-0.05, 0) is 67.1 Å². The molecule has 2 aromatic rings. The Hall–Kier alpha value is -2.21. The molecule has 3 N–H and O–H groups in total. The van der Waals surface area contributed by atoms with Crippen molar-refractivity contribution < 1.29 is 9.18 Å². The van der Waals surface area contributed by atoms with E-state index >= 15 is 0 Å². The Bertz CT molecular complexity index is 820. The maximum Gasteiger partial charge on any atom is 0.251 e. The highest BCUT2D eigenvalue weighted by atomic mass is 32.2. The van der Waals surface area contributed by atoms with E-state index in [1.807, 2.05) is 19.1 Å². The van der Waals surface area contributed by atoms with Crippen LogP contribution in [0, 0.1) is 12.7 Å². The number of nitrogens with one attached hydrogen (secondary N) is 3. The molecule has 0 spiro atoms. The molecule has 1 fully saturated rings. The molecular weight excluding hydrogens is 325 g/mol. The van der Waals surface area contributed by atoms with Crippen molar-refractivity contribution in [1.82, 2.24) is 5.32 Å². The molecule has 0 saturated heterocycles. The van der Waals surface area contributed by atoms with Gasteiger partial charge in [0, 0.05) is 17.4 Å². The van der Waals surface area contributed by atoms with Gasteiger partial charge in [-0.1, -0.05) is 6.07 Å². The minimum absolute atomic E-state index is 0.0844. The van der Waals surface area contributed by atoms with E-state index in [4.69, 9.17) is 0 Å². The van der Waals surface area contributed by atoms with Crippen molar-refractivity contribution in [2.24, 2.45) is 0 Å². The van der Waals surface area contributed by atoms with Gasteiger partial charge < -0.3 is 15.4 Å². The summed E-state index contributed by atoms with van der Waals surface area (Å²) in [5.74, 6) is -0.389. The third-order valence-electron chi connectivity index (χ3n) is 4.18. The number of carbonyl (C=O) groups is 1. The number of amides is 1. The van der Waals surface area contributed by atoms with Crippen LogP contribution in [-0.4, -0.2) is 11.2 Å². The molecule has 0 atom stereocenters. The van der Waals surface area contributed by atoms with Crippen molar-refractivity contribution in [1.29, 1.82) is 0 Å². The molecule has 24 heavy (non-hydrogen) atoms. The van der Waals surface area contributed by atoms with Crippen molar-refractivity contribution >= 4 is 34.9 Å². The number of halogens is 1. The summed E-state index contributed by atoms with van der Waals surface area (Å²) < 4.78 is 17.5. The first-order chi connectivity index (χ1) is 11.6. The summed E-state index contributed by atoms with van der Waals surface area (Å²) in [7, 11) is 0. The van der Waals surface area contributed by atoms with Gasteiger partial charge in [-0.15, -0.1) is 0 Å². The first-order valence-electron chi connectivity index (χ1n) is 8.00. The van der Waals surface area contributed by atoms with E-state index < -0.39 is 0 Å². The molecule has 0 bridgehead atoms. The topological polar surface area (TPSA) is 53.2 Å². The lowest BCUT2D eigenvalue weighted by Crippen LogP contribution is -2.12. The number of fused-ring (bicyclic) bond motifs is 1. The fourth-order valence-electron chi connectivity index (χ4n) is 2.66. The third kappa shape index (κ3) is 3.06. The van der Waals surface area contributed by atoms with Gasteiger partial charge in [0.15, 0.2) is 0 Å². The third-order valence-corrected chi connectivity index (χ3v) is 5.32. The smallest absolute Gasteiger partial charge is 0.251 e. The zero-order valence-corrected chi connectivity index (χ0v) is 14.1. The normalized spacial score (nSPS) is 15.8. The van der Waals surface area contributed by atoms with Gasteiger partial charge in [0.2, 0.25) is 0 Å². The average molecular weight is 343 g/mol. The van der Waals surface area contributed by atoms with Crippen molar-refractivity contribution in [2.45, 2.75) is 31.6 Å². The predicted octanol–water partition coefficient (Wildman–Crippen LogP) is 4.34. The first kappa shape index (κ1) is 15.3. The predicted molar refractivity (Wildman–Crippen MR) is 96.3 cm³/mol. The minimum Gasteiger partial charge on any atom is -0.351 e. The first-order valence-corrected chi connectivity index (χ1v) is 8.88. The second-order valence-corrected chi connectivity index (χ2v) is 7.37. The zero-order valence-electron chi connectivity index (χ0n) is 13.3. The molecule has 0 unspecified atom stereocenters. The number of benzene rings is 2. The van der Waals surface area contributed by atoms with Crippen LogP contribution in [0.5, 0.6) is 0 Å². The maximum absolute atomic E-state index is 14.2. The van der Waals surface area contributed by atoms with Crippen LogP contribution in [0.3, 0.4) is 0 Å². The molecule has 1 heterocycles. The molecule has 1 aliphatic carbocycles. The van der Waals surface area contributed by atoms with Crippen LogP contribution < -0.4 is 15.4 Å². The number of aryl methyl sites for hydroxylation is 1. The van der Waals surface area contributed by atoms with Gasteiger partial charge in [-0.2, -0.15) is 0 Å². The Balaban J connectivity index is 1.68. The molecule has 1 aliphatic heterocycles. The zero-order chi connectivity index (χ0) is 16.7. The molecular formula is C18H18FN3OS. The number of hydrogen-bond donors (Lipinski definition) is 3. The Labute approximate surface area is 144 Å². The van der Waals surface area contributed by atoms with Crippen LogP contribution in [0.4, 0.5) is 21.5 Å². The van der Waals surface area contributed by atoms with Crippen LogP contribution in [0.25, 0.3) is 0 Å².